The van der Waals surface area contributed by atoms with Gasteiger partial charge in [-0.25, -0.2) is 24.5 Å². The van der Waals surface area contributed by atoms with E-state index in [4.69, 9.17) is 20.0 Å². The Morgan fingerprint density at radius 1 is 0.949 bits per heavy atom. The smallest absolute Gasteiger partial charge is 0.478 e. The van der Waals surface area contributed by atoms with Crippen LogP contribution in [-0.2, 0) is 11.3 Å². The number of rotatable bonds is 5. The van der Waals surface area contributed by atoms with Crippen LogP contribution in [0.15, 0.2) is 72.0 Å². The minimum Gasteiger partial charge on any atom is -0.478 e. The number of alkyl halides is 3. The lowest BCUT2D eigenvalue weighted by atomic mass is 10.1. The third kappa shape index (κ3) is 8.98. The number of guanidine groups is 1. The van der Waals surface area contributed by atoms with E-state index < -0.39 is 18.1 Å². The van der Waals surface area contributed by atoms with Gasteiger partial charge in [0.05, 0.1) is 12.1 Å². The van der Waals surface area contributed by atoms with Gasteiger partial charge in [-0.3, -0.25) is 0 Å². The Bertz CT molecular complexity index is 1260. The number of hydrogen-bond donors (Lipinski definition) is 3. The number of anilines is 2. The highest BCUT2D eigenvalue weighted by atomic mass is 19.4. The molecule has 1 aliphatic heterocycles. The number of aryl methyl sites for hydroxylation is 1. The van der Waals surface area contributed by atoms with E-state index in [1.807, 2.05) is 6.07 Å². The molecule has 0 atom stereocenters. The molecule has 0 amide bonds. The van der Waals surface area contributed by atoms with E-state index in [0.29, 0.717) is 6.54 Å². The molecule has 206 valence electrons. The van der Waals surface area contributed by atoms with E-state index in [9.17, 15) is 18.0 Å². The number of carboxylic acids is 2. The van der Waals surface area contributed by atoms with Gasteiger partial charge in [-0.2, -0.15) is 13.2 Å². The number of benzene rings is 2. The summed E-state index contributed by atoms with van der Waals surface area (Å²) in [6.07, 6.45) is -1.57. The lowest BCUT2D eigenvalue weighted by Gasteiger charge is -2.36. The SMILES string of the molecule is Cc1ccc(CN=C(Nc2ccc(C(=O)O)cc2)N2CCN(c3ncccn3)CC2)cc1.O=C(O)C(F)(F)F. The van der Waals surface area contributed by atoms with Crippen LogP contribution in [0, 0.1) is 6.92 Å². The second-order valence-corrected chi connectivity index (χ2v) is 8.46. The van der Waals surface area contributed by atoms with Gasteiger partial charge in [0.15, 0.2) is 5.96 Å². The fourth-order valence-corrected chi connectivity index (χ4v) is 3.48. The second kappa shape index (κ2) is 13.2. The summed E-state index contributed by atoms with van der Waals surface area (Å²) in [7, 11) is 0. The van der Waals surface area contributed by atoms with Crippen molar-refractivity contribution in [3.63, 3.8) is 0 Å². The number of nitrogens with one attached hydrogen (secondary N) is 1. The van der Waals surface area contributed by atoms with E-state index >= 15 is 0 Å². The Morgan fingerprint density at radius 2 is 1.51 bits per heavy atom. The molecule has 1 fully saturated rings. The maximum atomic E-state index is 11.1. The monoisotopic (exact) mass is 544 g/mol. The number of aromatic nitrogens is 2. The summed E-state index contributed by atoms with van der Waals surface area (Å²) in [6.45, 7) is 5.73. The van der Waals surface area contributed by atoms with Crippen molar-refractivity contribution in [3.05, 3.63) is 83.7 Å². The Labute approximate surface area is 222 Å². The first kappa shape index (κ1) is 28.9. The van der Waals surface area contributed by atoms with Crippen LogP contribution in [0.3, 0.4) is 0 Å². The average Bonchev–Trinajstić information content (AvgIpc) is 2.92. The van der Waals surface area contributed by atoms with Crippen molar-refractivity contribution in [1.82, 2.24) is 14.9 Å². The van der Waals surface area contributed by atoms with Crippen LogP contribution in [0.1, 0.15) is 21.5 Å². The molecule has 10 nitrogen and oxygen atoms in total. The van der Waals surface area contributed by atoms with Gasteiger partial charge in [0.2, 0.25) is 5.95 Å². The van der Waals surface area contributed by atoms with Crippen LogP contribution >= 0.6 is 0 Å². The fourth-order valence-electron chi connectivity index (χ4n) is 3.48. The number of carboxylic acid groups (broad SMARTS) is 2. The summed E-state index contributed by atoms with van der Waals surface area (Å²) in [5, 5.41) is 19.7. The summed E-state index contributed by atoms with van der Waals surface area (Å²) in [5.74, 6) is -2.19. The lowest BCUT2D eigenvalue weighted by Crippen LogP contribution is -2.51. The van der Waals surface area contributed by atoms with Crippen molar-refractivity contribution in [1.29, 1.82) is 0 Å². The molecule has 3 aromatic rings. The summed E-state index contributed by atoms with van der Waals surface area (Å²) in [5.41, 5.74) is 3.40. The first-order valence-corrected chi connectivity index (χ1v) is 11.8. The minimum absolute atomic E-state index is 0.255. The lowest BCUT2D eigenvalue weighted by molar-refractivity contribution is -0.192. The van der Waals surface area contributed by atoms with Crippen molar-refractivity contribution < 1.29 is 33.0 Å². The van der Waals surface area contributed by atoms with Crippen molar-refractivity contribution in [2.75, 3.05) is 36.4 Å². The molecule has 0 radical (unpaired) electrons. The highest BCUT2D eigenvalue weighted by Gasteiger charge is 2.38. The number of hydrogen-bond acceptors (Lipinski definition) is 6. The number of aliphatic carboxylic acids is 1. The van der Waals surface area contributed by atoms with Crippen molar-refractivity contribution in [2.24, 2.45) is 4.99 Å². The van der Waals surface area contributed by atoms with Gasteiger partial charge in [0, 0.05) is 44.3 Å². The summed E-state index contributed by atoms with van der Waals surface area (Å²) >= 11 is 0. The number of halogens is 3. The zero-order valence-electron chi connectivity index (χ0n) is 21.0. The summed E-state index contributed by atoms with van der Waals surface area (Å²) < 4.78 is 31.7. The zero-order chi connectivity index (χ0) is 28.4. The van der Waals surface area contributed by atoms with Gasteiger partial charge in [-0.15, -0.1) is 0 Å². The predicted octanol–water partition coefficient (Wildman–Crippen LogP) is 3.91. The molecule has 0 bridgehead atoms. The maximum absolute atomic E-state index is 11.1. The Kier molecular flexibility index (Phi) is 9.79. The Morgan fingerprint density at radius 3 is 2.03 bits per heavy atom. The second-order valence-electron chi connectivity index (χ2n) is 8.46. The molecule has 3 N–H and O–H groups in total. The first-order chi connectivity index (χ1) is 18.5. The Balaban J connectivity index is 0.000000532. The molecule has 1 saturated heterocycles. The predicted molar refractivity (Wildman–Crippen MR) is 139 cm³/mol. The highest BCUT2D eigenvalue weighted by molar-refractivity contribution is 5.95. The van der Waals surface area contributed by atoms with Crippen LogP contribution in [-0.4, -0.2) is 75.3 Å². The van der Waals surface area contributed by atoms with Crippen LogP contribution < -0.4 is 10.2 Å². The van der Waals surface area contributed by atoms with Crippen LogP contribution in [0.25, 0.3) is 0 Å². The van der Waals surface area contributed by atoms with Crippen molar-refractivity contribution in [3.8, 4) is 0 Å². The fraction of sp³-hybridized carbons (Fsp3) is 0.269. The third-order valence-electron chi connectivity index (χ3n) is 5.58. The van der Waals surface area contributed by atoms with Crippen molar-refractivity contribution >= 4 is 29.5 Å². The molecule has 1 aliphatic rings. The third-order valence-corrected chi connectivity index (χ3v) is 5.58. The standard InChI is InChI=1S/C24H26N6O2.C2HF3O2/c1-18-3-5-19(6-4-18)17-27-24(28-21-9-7-20(8-10-21)22(31)32)30-15-13-29(14-16-30)23-25-11-2-12-26-23;3-2(4,5)1(6)7/h2-12H,13-17H2,1H3,(H,27,28)(H,31,32);(H,6,7). The van der Waals surface area contributed by atoms with Gasteiger partial charge in [0.1, 0.15) is 0 Å². The molecule has 2 heterocycles. The molecule has 0 spiro atoms. The van der Waals surface area contributed by atoms with Crippen molar-refractivity contribution in [2.45, 2.75) is 19.6 Å². The first-order valence-electron chi connectivity index (χ1n) is 11.8. The van der Waals surface area contributed by atoms with Gasteiger partial charge in [-0.1, -0.05) is 29.8 Å². The topological polar surface area (TPSA) is 131 Å². The van der Waals surface area contributed by atoms with E-state index in [2.05, 4.69) is 56.3 Å². The number of nitrogens with zero attached hydrogens (tertiary/aromatic N) is 5. The van der Waals surface area contributed by atoms with E-state index in [-0.39, 0.29) is 5.56 Å². The number of carbonyl (C=O) groups is 2. The van der Waals surface area contributed by atoms with Gasteiger partial charge in [-0.05, 0) is 42.8 Å². The molecule has 2 aromatic carbocycles. The molecule has 0 unspecified atom stereocenters. The van der Waals surface area contributed by atoms with E-state index in [1.54, 1.807) is 36.7 Å². The van der Waals surface area contributed by atoms with E-state index in [0.717, 1.165) is 49.3 Å². The van der Waals surface area contributed by atoms with Crippen LogP contribution in [0.5, 0.6) is 0 Å². The average molecular weight is 545 g/mol. The van der Waals surface area contributed by atoms with Crippen LogP contribution in [0.2, 0.25) is 0 Å². The quantitative estimate of drug-likeness (QED) is 0.323. The van der Waals surface area contributed by atoms with Crippen LogP contribution in [0.4, 0.5) is 24.8 Å². The number of aliphatic imine (C=N–C) groups is 1. The zero-order valence-corrected chi connectivity index (χ0v) is 21.0. The molecular weight excluding hydrogens is 517 g/mol. The normalized spacial score (nSPS) is 13.8. The molecule has 0 aliphatic carbocycles. The van der Waals surface area contributed by atoms with Gasteiger partial charge >= 0.3 is 18.1 Å². The maximum Gasteiger partial charge on any atom is 0.490 e. The molecule has 0 saturated carbocycles. The van der Waals surface area contributed by atoms with Gasteiger partial charge in [0.25, 0.3) is 0 Å². The number of piperazine rings is 1. The number of aromatic carboxylic acids is 1. The molecule has 13 heteroatoms. The molecular formula is C26H27F3N6O4. The largest absolute Gasteiger partial charge is 0.490 e. The Hall–Kier alpha value is -4.68. The highest BCUT2D eigenvalue weighted by Crippen LogP contribution is 2.15. The summed E-state index contributed by atoms with van der Waals surface area (Å²) in [6, 6.07) is 16.9. The van der Waals surface area contributed by atoms with Gasteiger partial charge < -0.3 is 25.3 Å². The molecule has 39 heavy (non-hydrogen) atoms. The molecule has 1 aromatic heterocycles. The van der Waals surface area contributed by atoms with E-state index in [1.165, 1.54) is 5.56 Å². The summed E-state index contributed by atoms with van der Waals surface area (Å²) in [4.78, 5) is 38.0. The minimum atomic E-state index is -5.08. The molecule has 4 rings (SSSR count).